The van der Waals surface area contributed by atoms with Gasteiger partial charge in [0.15, 0.2) is 5.82 Å². The number of aromatic nitrogens is 2. The van der Waals surface area contributed by atoms with Gasteiger partial charge >= 0.3 is 0 Å². The molecule has 1 aromatic rings. The van der Waals surface area contributed by atoms with Gasteiger partial charge < -0.3 is 14.5 Å². The van der Waals surface area contributed by atoms with Gasteiger partial charge in [0.05, 0.1) is 18.6 Å². The van der Waals surface area contributed by atoms with Crippen LogP contribution in [-0.4, -0.2) is 63.7 Å². The largest absolute Gasteiger partial charge is 0.395 e. The number of amides is 1. The molecule has 1 aromatic heterocycles. The van der Waals surface area contributed by atoms with Crippen molar-refractivity contribution in [2.45, 2.75) is 32.7 Å². The van der Waals surface area contributed by atoms with Gasteiger partial charge in [-0.2, -0.15) is 4.98 Å². The minimum Gasteiger partial charge on any atom is -0.395 e. The Bertz CT molecular complexity index is 516. The van der Waals surface area contributed by atoms with E-state index >= 15 is 0 Å². The highest BCUT2D eigenvalue weighted by atomic mass is 16.5. The Hall–Kier alpha value is -1.47. The first-order valence-electron chi connectivity index (χ1n) is 7.55. The van der Waals surface area contributed by atoms with Crippen molar-refractivity contribution < 1.29 is 14.4 Å². The summed E-state index contributed by atoms with van der Waals surface area (Å²) in [6.45, 7) is 5.28. The van der Waals surface area contributed by atoms with Crippen molar-refractivity contribution in [2.75, 3.05) is 32.8 Å². The summed E-state index contributed by atoms with van der Waals surface area (Å²) in [7, 11) is 0. The highest BCUT2D eigenvalue weighted by molar-refractivity contribution is 5.84. The van der Waals surface area contributed by atoms with Crippen LogP contribution < -0.4 is 0 Å². The third-order valence-corrected chi connectivity index (χ3v) is 4.56. The van der Waals surface area contributed by atoms with Crippen molar-refractivity contribution in [3.8, 4) is 0 Å². The molecule has 2 fully saturated rings. The van der Waals surface area contributed by atoms with Crippen molar-refractivity contribution in [1.29, 1.82) is 0 Å². The molecule has 1 N–H and O–H groups in total. The van der Waals surface area contributed by atoms with Crippen molar-refractivity contribution in [3.05, 3.63) is 11.7 Å². The van der Waals surface area contributed by atoms with Crippen molar-refractivity contribution in [3.63, 3.8) is 0 Å². The molecule has 3 rings (SSSR count). The summed E-state index contributed by atoms with van der Waals surface area (Å²) < 4.78 is 5.16. The van der Waals surface area contributed by atoms with Crippen molar-refractivity contribution in [2.24, 2.45) is 5.41 Å². The van der Waals surface area contributed by atoms with Crippen LogP contribution in [0, 0.1) is 12.3 Å². The van der Waals surface area contributed by atoms with Crippen LogP contribution in [0.2, 0.25) is 0 Å². The molecule has 1 spiro atoms. The molecule has 1 unspecified atom stereocenters. The molecule has 1 atom stereocenters. The second-order valence-corrected chi connectivity index (χ2v) is 6.10. The number of aryl methyl sites for hydroxylation is 1. The number of piperidine rings is 1. The molecule has 116 valence electrons. The predicted octanol–water partition coefficient (Wildman–Crippen LogP) is 0.185. The van der Waals surface area contributed by atoms with E-state index in [-0.39, 0.29) is 17.9 Å². The normalized spacial score (nSPS) is 27.0. The second kappa shape index (κ2) is 5.73. The van der Waals surface area contributed by atoms with E-state index in [0.29, 0.717) is 24.8 Å². The Labute approximate surface area is 123 Å². The third kappa shape index (κ3) is 2.80. The maximum atomic E-state index is 12.7. The van der Waals surface area contributed by atoms with Crippen LogP contribution >= 0.6 is 0 Å². The minimum atomic E-state index is -0.275. The quantitative estimate of drug-likeness (QED) is 0.853. The van der Waals surface area contributed by atoms with Crippen LogP contribution in [0.25, 0.3) is 0 Å². The number of aliphatic hydroxyl groups excluding tert-OH is 1. The lowest BCUT2D eigenvalue weighted by atomic mass is 9.78. The molecule has 7 heteroatoms. The van der Waals surface area contributed by atoms with Gasteiger partial charge in [0, 0.05) is 19.6 Å². The van der Waals surface area contributed by atoms with Crippen LogP contribution in [0.4, 0.5) is 0 Å². The molecular formula is C14H22N4O3. The first kappa shape index (κ1) is 14.5. The molecule has 0 radical (unpaired) electrons. The Balaban J connectivity index is 1.65. The molecule has 2 saturated heterocycles. The number of aliphatic hydroxyl groups is 1. The fourth-order valence-corrected chi connectivity index (χ4v) is 3.55. The van der Waals surface area contributed by atoms with Crippen LogP contribution in [0.3, 0.4) is 0 Å². The monoisotopic (exact) mass is 294 g/mol. The first-order valence-corrected chi connectivity index (χ1v) is 7.55. The summed E-state index contributed by atoms with van der Waals surface area (Å²) in [6, 6.07) is 0. The molecule has 0 bridgehead atoms. The van der Waals surface area contributed by atoms with Gasteiger partial charge in [0.1, 0.15) is 0 Å². The number of carbonyl (C=O) groups is 1. The van der Waals surface area contributed by atoms with Crippen LogP contribution in [0.1, 0.15) is 31.0 Å². The molecule has 0 saturated carbocycles. The van der Waals surface area contributed by atoms with Gasteiger partial charge in [-0.3, -0.25) is 9.69 Å². The van der Waals surface area contributed by atoms with E-state index in [2.05, 4.69) is 15.0 Å². The second-order valence-electron chi connectivity index (χ2n) is 6.10. The summed E-state index contributed by atoms with van der Waals surface area (Å²) >= 11 is 0. The Kier molecular flexibility index (Phi) is 3.95. The minimum absolute atomic E-state index is 0.0345. The Morgan fingerprint density at radius 2 is 2.24 bits per heavy atom. The first-order chi connectivity index (χ1) is 10.1. The fraction of sp³-hybridized carbons (Fsp3) is 0.786. The van der Waals surface area contributed by atoms with E-state index in [0.717, 1.165) is 38.9 Å². The van der Waals surface area contributed by atoms with Crippen LogP contribution in [-0.2, 0) is 11.3 Å². The lowest BCUT2D eigenvalue weighted by molar-refractivity contribution is -0.146. The van der Waals surface area contributed by atoms with Gasteiger partial charge in [-0.05, 0) is 32.7 Å². The van der Waals surface area contributed by atoms with Crippen molar-refractivity contribution >= 4 is 5.91 Å². The number of hydrogen-bond donors (Lipinski definition) is 1. The number of hydrogen-bond acceptors (Lipinski definition) is 6. The molecule has 0 aromatic carbocycles. The fourth-order valence-electron chi connectivity index (χ4n) is 3.55. The predicted molar refractivity (Wildman–Crippen MR) is 74.3 cm³/mol. The molecule has 2 aliphatic heterocycles. The molecular weight excluding hydrogens is 272 g/mol. The topological polar surface area (TPSA) is 82.7 Å². The summed E-state index contributed by atoms with van der Waals surface area (Å²) in [4.78, 5) is 20.9. The third-order valence-electron chi connectivity index (χ3n) is 4.56. The Morgan fingerprint density at radius 1 is 1.38 bits per heavy atom. The lowest BCUT2D eigenvalue weighted by Gasteiger charge is -2.39. The molecule has 3 heterocycles. The van der Waals surface area contributed by atoms with Crippen LogP contribution in [0.15, 0.2) is 4.52 Å². The highest BCUT2D eigenvalue weighted by Gasteiger charge is 2.48. The van der Waals surface area contributed by atoms with E-state index in [9.17, 15) is 4.79 Å². The highest BCUT2D eigenvalue weighted by Crippen LogP contribution is 2.40. The van der Waals surface area contributed by atoms with E-state index < -0.39 is 0 Å². The van der Waals surface area contributed by atoms with Gasteiger partial charge in [-0.25, -0.2) is 0 Å². The smallest absolute Gasteiger partial charge is 0.240 e. The van der Waals surface area contributed by atoms with Crippen molar-refractivity contribution in [1.82, 2.24) is 19.9 Å². The van der Waals surface area contributed by atoms with E-state index in [1.165, 1.54) is 0 Å². The number of likely N-dealkylation sites (tertiary alicyclic amines) is 2. The van der Waals surface area contributed by atoms with E-state index in [4.69, 9.17) is 9.63 Å². The SMILES string of the molecule is Cc1noc(CN2CCC3(CCCN(CCO)C3=O)C2)n1. The number of carbonyl (C=O) groups excluding carboxylic acids is 1. The Morgan fingerprint density at radius 3 is 2.95 bits per heavy atom. The zero-order valence-electron chi connectivity index (χ0n) is 12.4. The molecule has 2 aliphatic rings. The maximum absolute atomic E-state index is 12.7. The van der Waals surface area contributed by atoms with Crippen LogP contribution in [0.5, 0.6) is 0 Å². The lowest BCUT2D eigenvalue weighted by Crippen LogP contribution is -2.50. The molecule has 7 nitrogen and oxygen atoms in total. The molecule has 21 heavy (non-hydrogen) atoms. The zero-order valence-corrected chi connectivity index (χ0v) is 12.4. The van der Waals surface area contributed by atoms with E-state index in [1.54, 1.807) is 6.92 Å². The summed E-state index contributed by atoms with van der Waals surface area (Å²) in [6.07, 6.45) is 2.83. The number of β-amino-alcohol motifs (C(OH)–C–C–N with tert-alkyl or cyclic N) is 1. The zero-order chi connectivity index (χ0) is 14.9. The average Bonchev–Trinajstić information content (AvgIpc) is 3.04. The number of nitrogens with zero attached hydrogens (tertiary/aromatic N) is 4. The van der Waals surface area contributed by atoms with Gasteiger partial charge in [0.2, 0.25) is 11.8 Å². The standard InChI is InChI=1S/C14H22N4O3/c1-11-15-12(21-16-11)9-17-6-4-14(10-17)3-2-5-18(7-8-19)13(14)20/h19H,2-10H2,1H3. The van der Waals surface area contributed by atoms with Gasteiger partial charge in [-0.15, -0.1) is 0 Å². The number of rotatable bonds is 4. The summed E-state index contributed by atoms with van der Waals surface area (Å²) in [5, 5.41) is 12.9. The molecule has 0 aliphatic carbocycles. The summed E-state index contributed by atoms with van der Waals surface area (Å²) in [5.74, 6) is 1.45. The average molecular weight is 294 g/mol. The van der Waals surface area contributed by atoms with Gasteiger partial charge in [-0.1, -0.05) is 5.16 Å². The molecule has 1 amide bonds. The maximum Gasteiger partial charge on any atom is 0.240 e. The summed E-state index contributed by atoms with van der Waals surface area (Å²) in [5.41, 5.74) is -0.275. The van der Waals surface area contributed by atoms with Gasteiger partial charge in [0.25, 0.3) is 0 Å². The van der Waals surface area contributed by atoms with E-state index in [1.807, 2.05) is 4.90 Å².